The third kappa shape index (κ3) is 5.08. The molecule has 2 aromatic carbocycles. The van der Waals surface area contributed by atoms with Gasteiger partial charge in [0.25, 0.3) is 11.8 Å². The van der Waals surface area contributed by atoms with E-state index >= 15 is 0 Å². The van der Waals surface area contributed by atoms with Gasteiger partial charge in [0.15, 0.2) is 11.5 Å². The number of amides is 2. The Bertz CT molecular complexity index is 830. The third-order valence-corrected chi connectivity index (χ3v) is 5.04. The number of carbonyl (C=O) groups excluding carboxylic acids is 2. The van der Waals surface area contributed by atoms with Gasteiger partial charge in [-0.05, 0) is 36.8 Å². The predicted octanol–water partition coefficient (Wildman–Crippen LogP) is 3.47. The van der Waals surface area contributed by atoms with Crippen molar-refractivity contribution in [2.24, 2.45) is 0 Å². The van der Waals surface area contributed by atoms with Crippen molar-refractivity contribution in [1.29, 1.82) is 0 Å². The van der Waals surface area contributed by atoms with Crippen LogP contribution in [0.2, 0.25) is 0 Å². The molecule has 0 aromatic heterocycles. The highest BCUT2D eigenvalue weighted by Gasteiger charge is 2.26. The summed E-state index contributed by atoms with van der Waals surface area (Å²) >= 11 is 0. The highest BCUT2D eigenvalue weighted by molar-refractivity contribution is 5.96. The number of unbranched alkanes of at least 4 members (excludes halogenated alkanes) is 1. The van der Waals surface area contributed by atoms with Crippen molar-refractivity contribution in [3.8, 4) is 11.5 Å². The molecule has 0 spiro atoms. The van der Waals surface area contributed by atoms with E-state index in [1.54, 1.807) is 35.1 Å². The number of benzene rings is 2. The van der Waals surface area contributed by atoms with Gasteiger partial charge in [-0.2, -0.15) is 0 Å². The molecule has 1 aliphatic heterocycles. The highest BCUT2D eigenvalue weighted by Crippen LogP contribution is 2.29. The molecule has 154 valence electrons. The normalized spacial score (nSPS) is 13.9. The standard InChI is InChI=1S/C23H28N2O4/c1-3-4-16-29-20-11-10-19(17-21(20)28-2)23(27)25-14-12-24(13-15-25)22(26)18-8-6-5-7-9-18/h5-11,17H,3-4,12-16H2,1-2H3. The molecule has 0 unspecified atom stereocenters. The van der Waals surface area contributed by atoms with Gasteiger partial charge in [0.2, 0.25) is 0 Å². The van der Waals surface area contributed by atoms with E-state index < -0.39 is 0 Å². The Balaban J connectivity index is 1.61. The molecule has 3 rings (SSSR count). The van der Waals surface area contributed by atoms with E-state index in [4.69, 9.17) is 9.47 Å². The van der Waals surface area contributed by atoms with Crippen LogP contribution in [-0.2, 0) is 0 Å². The summed E-state index contributed by atoms with van der Waals surface area (Å²) < 4.78 is 11.1. The Kier molecular flexibility index (Phi) is 7.11. The molecule has 2 aromatic rings. The number of rotatable bonds is 7. The minimum atomic E-state index is -0.0600. The average Bonchev–Trinajstić information content (AvgIpc) is 2.79. The van der Waals surface area contributed by atoms with Crippen LogP contribution in [0.25, 0.3) is 0 Å². The number of nitrogens with zero attached hydrogens (tertiary/aromatic N) is 2. The summed E-state index contributed by atoms with van der Waals surface area (Å²) in [7, 11) is 1.57. The number of carbonyl (C=O) groups is 2. The van der Waals surface area contributed by atoms with Crippen molar-refractivity contribution in [2.75, 3.05) is 39.9 Å². The van der Waals surface area contributed by atoms with Crippen LogP contribution in [0.4, 0.5) is 0 Å². The molecule has 0 bridgehead atoms. The summed E-state index contributed by atoms with van der Waals surface area (Å²) in [6.45, 7) is 4.79. The first-order valence-corrected chi connectivity index (χ1v) is 10.1. The van der Waals surface area contributed by atoms with E-state index in [0.29, 0.717) is 55.4 Å². The maximum absolute atomic E-state index is 12.9. The molecule has 2 amide bonds. The SMILES string of the molecule is CCCCOc1ccc(C(=O)N2CCN(C(=O)c3ccccc3)CC2)cc1OC. The van der Waals surface area contributed by atoms with Gasteiger partial charge in [-0.3, -0.25) is 9.59 Å². The van der Waals surface area contributed by atoms with E-state index in [2.05, 4.69) is 6.92 Å². The fourth-order valence-electron chi connectivity index (χ4n) is 3.30. The van der Waals surface area contributed by atoms with Crippen molar-refractivity contribution in [3.63, 3.8) is 0 Å². The minimum Gasteiger partial charge on any atom is -0.493 e. The van der Waals surface area contributed by atoms with Gasteiger partial charge < -0.3 is 19.3 Å². The lowest BCUT2D eigenvalue weighted by atomic mass is 10.1. The van der Waals surface area contributed by atoms with Crippen LogP contribution >= 0.6 is 0 Å². The number of ether oxygens (including phenoxy) is 2. The quantitative estimate of drug-likeness (QED) is 0.673. The van der Waals surface area contributed by atoms with Crippen molar-refractivity contribution in [1.82, 2.24) is 9.80 Å². The van der Waals surface area contributed by atoms with Crippen molar-refractivity contribution in [2.45, 2.75) is 19.8 Å². The summed E-state index contributed by atoms with van der Waals surface area (Å²) in [6.07, 6.45) is 2.02. The lowest BCUT2D eigenvalue weighted by molar-refractivity contribution is 0.0535. The van der Waals surface area contributed by atoms with Crippen LogP contribution in [0.15, 0.2) is 48.5 Å². The molecule has 0 atom stereocenters. The largest absolute Gasteiger partial charge is 0.493 e. The topological polar surface area (TPSA) is 59.1 Å². The van der Waals surface area contributed by atoms with E-state index in [1.165, 1.54) is 0 Å². The summed E-state index contributed by atoms with van der Waals surface area (Å²) in [6, 6.07) is 14.5. The molecule has 0 N–H and O–H groups in total. The number of methoxy groups -OCH3 is 1. The van der Waals surface area contributed by atoms with Crippen LogP contribution in [0, 0.1) is 0 Å². The minimum absolute atomic E-state index is 0.00736. The highest BCUT2D eigenvalue weighted by atomic mass is 16.5. The summed E-state index contributed by atoms with van der Waals surface area (Å²) in [5, 5.41) is 0. The number of piperazine rings is 1. The van der Waals surface area contributed by atoms with E-state index in [1.807, 2.05) is 30.3 Å². The van der Waals surface area contributed by atoms with Gasteiger partial charge in [-0.25, -0.2) is 0 Å². The number of hydrogen-bond acceptors (Lipinski definition) is 4. The van der Waals surface area contributed by atoms with Gasteiger partial charge in [0, 0.05) is 37.3 Å². The van der Waals surface area contributed by atoms with Gasteiger partial charge in [0.1, 0.15) is 0 Å². The average molecular weight is 396 g/mol. The zero-order valence-electron chi connectivity index (χ0n) is 17.1. The maximum atomic E-state index is 12.9. The maximum Gasteiger partial charge on any atom is 0.254 e. The number of hydrogen-bond donors (Lipinski definition) is 0. The zero-order chi connectivity index (χ0) is 20.6. The Morgan fingerprint density at radius 2 is 1.48 bits per heavy atom. The van der Waals surface area contributed by atoms with Gasteiger partial charge >= 0.3 is 0 Å². The zero-order valence-corrected chi connectivity index (χ0v) is 17.1. The van der Waals surface area contributed by atoms with E-state index in [0.717, 1.165) is 12.8 Å². The third-order valence-electron chi connectivity index (χ3n) is 5.04. The molecule has 0 saturated carbocycles. The van der Waals surface area contributed by atoms with Crippen LogP contribution in [-0.4, -0.2) is 61.5 Å². The van der Waals surface area contributed by atoms with Crippen LogP contribution in [0.5, 0.6) is 11.5 Å². The van der Waals surface area contributed by atoms with Gasteiger partial charge in [-0.1, -0.05) is 31.5 Å². The molecule has 6 heteroatoms. The van der Waals surface area contributed by atoms with Crippen LogP contribution in [0.3, 0.4) is 0 Å². The molecule has 29 heavy (non-hydrogen) atoms. The lowest BCUT2D eigenvalue weighted by Gasteiger charge is -2.35. The molecule has 1 heterocycles. The second-order valence-electron chi connectivity index (χ2n) is 7.02. The van der Waals surface area contributed by atoms with Crippen LogP contribution in [0.1, 0.15) is 40.5 Å². The molecule has 1 fully saturated rings. The summed E-state index contributed by atoms with van der Waals surface area (Å²) in [4.78, 5) is 29.1. The fourth-order valence-corrected chi connectivity index (χ4v) is 3.30. The van der Waals surface area contributed by atoms with E-state index in [-0.39, 0.29) is 11.8 Å². The smallest absolute Gasteiger partial charge is 0.254 e. The summed E-state index contributed by atoms with van der Waals surface area (Å²) in [5.41, 5.74) is 1.24. The van der Waals surface area contributed by atoms with Crippen molar-refractivity contribution >= 4 is 11.8 Å². The molecule has 1 saturated heterocycles. The second kappa shape index (κ2) is 9.96. The van der Waals surface area contributed by atoms with Gasteiger partial charge in [-0.15, -0.1) is 0 Å². The molecule has 0 aliphatic carbocycles. The first kappa shape index (κ1) is 20.7. The Hall–Kier alpha value is -3.02. The van der Waals surface area contributed by atoms with Crippen molar-refractivity contribution in [3.05, 3.63) is 59.7 Å². The van der Waals surface area contributed by atoms with Crippen LogP contribution < -0.4 is 9.47 Å². The second-order valence-corrected chi connectivity index (χ2v) is 7.02. The summed E-state index contributed by atoms with van der Waals surface area (Å²) in [5.74, 6) is 1.16. The van der Waals surface area contributed by atoms with Gasteiger partial charge in [0.05, 0.1) is 13.7 Å². The molecular formula is C23H28N2O4. The Morgan fingerprint density at radius 1 is 0.862 bits per heavy atom. The van der Waals surface area contributed by atoms with E-state index in [9.17, 15) is 9.59 Å². The lowest BCUT2D eigenvalue weighted by Crippen LogP contribution is -2.50. The Morgan fingerprint density at radius 3 is 2.07 bits per heavy atom. The molecular weight excluding hydrogens is 368 g/mol. The fraction of sp³-hybridized carbons (Fsp3) is 0.391. The molecule has 0 radical (unpaired) electrons. The first-order chi connectivity index (χ1) is 14.1. The molecule has 1 aliphatic rings. The monoisotopic (exact) mass is 396 g/mol. The van der Waals surface area contributed by atoms with Crippen molar-refractivity contribution < 1.29 is 19.1 Å². The predicted molar refractivity (Wildman–Crippen MR) is 112 cm³/mol. The first-order valence-electron chi connectivity index (χ1n) is 10.1. The molecule has 6 nitrogen and oxygen atoms in total. The Labute approximate surface area is 172 Å².